The van der Waals surface area contributed by atoms with Crippen molar-refractivity contribution in [2.45, 2.75) is 32.9 Å². The average molecular weight is 300 g/mol. The quantitative estimate of drug-likeness (QED) is 0.822. The van der Waals surface area contributed by atoms with Gasteiger partial charge in [-0.3, -0.25) is 4.90 Å². The summed E-state index contributed by atoms with van der Waals surface area (Å²) in [7, 11) is 0. The lowest BCUT2D eigenvalue weighted by Gasteiger charge is -2.22. The zero-order chi connectivity index (χ0) is 15.6. The number of rotatable bonds is 4. The number of hydrogen-bond acceptors (Lipinski definition) is 1. The minimum absolute atomic E-state index is 0.107. The van der Waals surface area contributed by atoms with Gasteiger partial charge >= 0.3 is 12.2 Å². The number of nitrogens with zero attached hydrogens (tertiary/aromatic N) is 2. The molecule has 0 spiro atoms. The summed E-state index contributed by atoms with van der Waals surface area (Å²) in [4.78, 5) is 15.4. The van der Waals surface area contributed by atoms with Crippen molar-refractivity contribution >= 4 is 11.7 Å². The van der Waals surface area contributed by atoms with Gasteiger partial charge < -0.3 is 4.90 Å². The lowest BCUT2D eigenvalue weighted by atomic mass is 10.1. The highest BCUT2D eigenvalue weighted by atomic mass is 19.4. The van der Waals surface area contributed by atoms with Crippen LogP contribution in [0.4, 0.5) is 23.7 Å². The predicted molar refractivity (Wildman–Crippen MR) is 75.4 cm³/mol. The Bertz CT molecular complexity index is 528. The number of carbonyl (C=O) groups is 1. The summed E-state index contributed by atoms with van der Waals surface area (Å²) in [5, 5.41) is 0. The number of amides is 2. The first-order valence-corrected chi connectivity index (χ1v) is 7.09. The molecule has 0 unspecified atom stereocenters. The van der Waals surface area contributed by atoms with Crippen LogP contribution in [0.5, 0.6) is 0 Å². The van der Waals surface area contributed by atoms with Gasteiger partial charge in [0.25, 0.3) is 0 Å². The molecule has 6 heteroatoms. The molecule has 3 nitrogen and oxygen atoms in total. The second-order valence-electron chi connectivity index (χ2n) is 5.22. The molecule has 1 aromatic carbocycles. The standard InChI is InChI=1S/C15H19F3N2O/c1-3-4-8-19-9-10-20(14(19)21)13-7-5-6-12(11(13)2)15(16,17)18/h5-7H,3-4,8-10H2,1-2H3. The maximum atomic E-state index is 12.9. The van der Waals surface area contributed by atoms with Gasteiger partial charge in [0.05, 0.1) is 5.56 Å². The Morgan fingerprint density at radius 2 is 1.95 bits per heavy atom. The smallest absolute Gasteiger partial charge is 0.323 e. The van der Waals surface area contributed by atoms with E-state index >= 15 is 0 Å². The summed E-state index contributed by atoms with van der Waals surface area (Å²) >= 11 is 0. The fraction of sp³-hybridized carbons (Fsp3) is 0.533. The van der Waals surface area contributed by atoms with E-state index in [4.69, 9.17) is 0 Å². The van der Waals surface area contributed by atoms with E-state index in [1.807, 2.05) is 6.92 Å². The Morgan fingerprint density at radius 1 is 1.24 bits per heavy atom. The van der Waals surface area contributed by atoms with E-state index in [-0.39, 0.29) is 11.6 Å². The van der Waals surface area contributed by atoms with Gasteiger partial charge in [-0.1, -0.05) is 19.4 Å². The third-order valence-corrected chi connectivity index (χ3v) is 3.78. The molecule has 1 heterocycles. The second kappa shape index (κ2) is 5.95. The van der Waals surface area contributed by atoms with Crippen molar-refractivity contribution in [1.29, 1.82) is 0 Å². The van der Waals surface area contributed by atoms with E-state index in [9.17, 15) is 18.0 Å². The highest BCUT2D eigenvalue weighted by molar-refractivity contribution is 5.95. The van der Waals surface area contributed by atoms with Crippen LogP contribution in [0.3, 0.4) is 0 Å². The van der Waals surface area contributed by atoms with Crippen LogP contribution in [-0.2, 0) is 6.18 Å². The van der Waals surface area contributed by atoms with Crippen LogP contribution in [0, 0.1) is 6.92 Å². The summed E-state index contributed by atoms with van der Waals surface area (Å²) in [6.07, 6.45) is -2.52. The fourth-order valence-electron chi connectivity index (χ4n) is 2.59. The highest BCUT2D eigenvalue weighted by Gasteiger charge is 2.36. The first-order chi connectivity index (χ1) is 9.86. The van der Waals surface area contributed by atoms with E-state index in [1.54, 1.807) is 11.0 Å². The molecule has 116 valence electrons. The summed E-state index contributed by atoms with van der Waals surface area (Å²) in [6.45, 7) is 5.11. The molecule has 0 saturated carbocycles. The van der Waals surface area contributed by atoms with Gasteiger partial charge in [0, 0.05) is 25.3 Å². The molecule has 1 fully saturated rings. The molecule has 1 aliphatic heterocycles. The van der Waals surface area contributed by atoms with Gasteiger partial charge in [0.15, 0.2) is 0 Å². The average Bonchev–Trinajstić information content (AvgIpc) is 2.77. The van der Waals surface area contributed by atoms with Crippen molar-refractivity contribution < 1.29 is 18.0 Å². The Kier molecular flexibility index (Phi) is 4.44. The van der Waals surface area contributed by atoms with Gasteiger partial charge in [-0.15, -0.1) is 0 Å². The molecule has 0 bridgehead atoms. The molecule has 1 aromatic rings. The maximum Gasteiger partial charge on any atom is 0.416 e. The van der Waals surface area contributed by atoms with Crippen LogP contribution < -0.4 is 4.90 Å². The number of urea groups is 1. The number of unbranched alkanes of at least 4 members (excludes halogenated alkanes) is 1. The van der Waals surface area contributed by atoms with Crippen molar-refractivity contribution in [3.63, 3.8) is 0 Å². The second-order valence-corrected chi connectivity index (χ2v) is 5.22. The molecule has 0 aromatic heterocycles. The van der Waals surface area contributed by atoms with E-state index in [0.717, 1.165) is 18.9 Å². The van der Waals surface area contributed by atoms with Crippen LogP contribution in [0.25, 0.3) is 0 Å². The SMILES string of the molecule is CCCCN1CCN(c2cccc(C(F)(F)F)c2C)C1=O. The van der Waals surface area contributed by atoms with Gasteiger partial charge in [0.2, 0.25) is 0 Å². The molecule has 0 radical (unpaired) electrons. The normalized spacial score (nSPS) is 16.0. The van der Waals surface area contributed by atoms with Crippen LogP contribution in [-0.4, -0.2) is 30.6 Å². The molecule has 21 heavy (non-hydrogen) atoms. The van der Waals surface area contributed by atoms with E-state index in [1.165, 1.54) is 17.9 Å². The predicted octanol–water partition coefficient (Wildman–Crippen LogP) is 4.06. The number of halogens is 3. The first-order valence-electron chi connectivity index (χ1n) is 7.09. The van der Waals surface area contributed by atoms with Crippen molar-refractivity contribution in [2.75, 3.05) is 24.5 Å². The van der Waals surface area contributed by atoms with Crippen LogP contribution >= 0.6 is 0 Å². The van der Waals surface area contributed by atoms with E-state index < -0.39 is 11.7 Å². The van der Waals surface area contributed by atoms with Gasteiger partial charge in [0.1, 0.15) is 0 Å². The summed E-state index contributed by atoms with van der Waals surface area (Å²) < 4.78 is 38.8. The third-order valence-electron chi connectivity index (χ3n) is 3.78. The molecule has 1 saturated heterocycles. The summed E-state index contributed by atoms with van der Waals surface area (Å²) in [5.74, 6) is 0. The highest BCUT2D eigenvalue weighted by Crippen LogP contribution is 2.36. The number of carbonyl (C=O) groups excluding carboxylic acids is 1. The molecule has 0 aliphatic carbocycles. The molecule has 0 N–H and O–H groups in total. The molecular weight excluding hydrogens is 281 g/mol. The summed E-state index contributed by atoms with van der Waals surface area (Å²) in [5.41, 5.74) is -0.218. The number of alkyl halides is 3. The lowest BCUT2D eigenvalue weighted by Crippen LogP contribution is -2.33. The first kappa shape index (κ1) is 15.7. The Balaban J connectivity index is 2.26. The lowest BCUT2D eigenvalue weighted by molar-refractivity contribution is -0.138. The van der Waals surface area contributed by atoms with Gasteiger partial charge in [-0.25, -0.2) is 4.79 Å². The third kappa shape index (κ3) is 3.14. The Labute approximate surface area is 122 Å². The summed E-state index contributed by atoms with van der Waals surface area (Å²) in [6, 6.07) is 3.78. The van der Waals surface area contributed by atoms with E-state index in [0.29, 0.717) is 25.3 Å². The van der Waals surface area contributed by atoms with Crippen molar-refractivity contribution in [1.82, 2.24) is 4.90 Å². The van der Waals surface area contributed by atoms with Crippen LogP contribution in [0.2, 0.25) is 0 Å². The minimum Gasteiger partial charge on any atom is -0.323 e. The number of anilines is 1. The van der Waals surface area contributed by atoms with Crippen molar-refractivity contribution in [2.24, 2.45) is 0 Å². The topological polar surface area (TPSA) is 23.6 Å². The zero-order valence-corrected chi connectivity index (χ0v) is 12.2. The maximum absolute atomic E-state index is 12.9. The monoisotopic (exact) mass is 300 g/mol. The van der Waals surface area contributed by atoms with Crippen LogP contribution in [0.15, 0.2) is 18.2 Å². The largest absolute Gasteiger partial charge is 0.416 e. The van der Waals surface area contributed by atoms with Crippen molar-refractivity contribution in [3.8, 4) is 0 Å². The van der Waals surface area contributed by atoms with Gasteiger partial charge in [-0.2, -0.15) is 13.2 Å². The van der Waals surface area contributed by atoms with E-state index in [2.05, 4.69) is 0 Å². The molecule has 1 aliphatic rings. The number of hydrogen-bond donors (Lipinski definition) is 0. The zero-order valence-electron chi connectivity index (χ0n) is 12.2. The molecule has 0 atom stereocenters. The molecule has 2 rings (SSSR count). The van der Waals surface area contributed by atoms with Crippen LogP contribution in [0.1, 0.15) is 30.9 Å². The minimum atomic E-state index is -4.40. The fourth-order valence-corrected chi connectivity index (χ4v) is 2.59. The molecular formula is C15H19F3N2O. The molecule has 2 amide bonds. The van der Waals surface area contributed by atoms with Crippen molar-refractivity contribution in [3.05, 3.63) is 29.3 Å². The Hall–Kier alpha value is -1.72. The van der Waals surface area contributed by atoms with Gasteiger partial charge in [-0.05, 0) is 31.0 Å². The number of benzene rings is 1. The Morgan fingerprint density at radius 3 is 2.57 bits per heavy atom.